The molecule has 1 atom stereocenters. The zero-order valence-corrected chi connectivity index (χ0v) is 11.2. The minimum Gasteiger partial charge on any atom is -0.383 e. The lowest BCUT2D eigenvalue weighted by atomic mass is 10.1. The number of hydrogen-bond acceptors (Lipinski definition) is 2. The molecule has 0 saturated heterocycles. The lowest BCUT2D eigenvalue weighted by molar-refractivity contribution is 0.161. The maximum Gasteiger partial charge on any atom is 0.0615 e. The summed E-state index contributed by atoms with van der Waals surface area (Å²) < 4.78 is 5.24. The molecule has 18 heavy (non-hydrogen) atoms. The molecule has 2 N–H and O–H groups in total. The molecular weight excluding hydrogens is 224 g/mol. The van der Waals surface area contributed by atoms with Gasteiger partial charge in [0.25, 0.3) is 0 Å². The highest BCUT2D eigenvalue weighted by atomic mass is 16.5. The quantitative estimate of drug-likeness (QED) is 0.787. The molecule has 0 radical (unpaired) electrons. The second-order valence-electron chi connectivity index (χ2n) is 4.72. The van der Waals surface area contributed by atoms with Crippen molar-refractivity contribution in [3.05, 3.63) is 36.0 Å². The fourth-order valence-electron chi connectivity index (χ4n) is 2.27. The fraction of sp³-hybridized carbons (Fsp3) is 0.467. The monoisotopic (exact) mass is 246 g/mol. The summed E-state index contributed by atoms with van der Waals surface area (Å²) in [5.74, 6) is 0. The van der Waals surface area contributed by atoms with Crippen molar-refractivity contribution in [2.45, 2.75) is 32.4 Å². The number of aromatic amines is 1. The summed E-state index contributed by atoms with van der Waals surface area (Å²) in [6, 6.07) is 9.09. The molecule has 98 valence electrons. The van der Waals surface area contributed by atoms with Crippen LogP contribution in [0.1, 0.15) is 25.3 Å². The first-order valence-corrected chi connectivity index (χ1v) is 6.62. The third kappa shape index (κ3) is 3.34. The van der Waals surface area contributed by atoms with Crippen molar-refractivity contribution in [3.63, 3.8) is 0 Å². The van der Waals surface area contributed by atoms with Crippen LogP contribution in [0.2, 0.25) is 0 Å². The first-order valence-electron chi connectivity index (χ1n) is 6.62. The molecule has 3 heteroatoms. The van der Waals surface area contributed by atoms with Crippen LogP contribution in [0.3, 0.4) is 0 Å². The van der Waals surface area contributed by atoms with E-state index in [-0.39, 0.29) is 0 Å². The Balaban J connectivity index is 1.95. The highest BCUT2D eigenvalue weighted by Crippen LogP contribution is 2.14. The summed E-state index contributed by atoms with van der Waals surface area (Å²) in [5.41, 5.74) is 2.51. The summed E-state index contributed by atoms with van der Waals surface area (Å²) in [6.45, 7) is 3.88. The predicted molar refractivity (Wildman–Crippen MR) is 75.7 cm³/mol. The van der Waals surface area contributed by atoms with Gasteiger partial charge in [-0.15, -0.1) is 0 Å². The normalized spacial score (nSPS) is 13.0. The molecule has 0 aliphatic rings. The predicted octanol–water partition coefficient (Wildman–Crippen LogP) is 3.07. The second-order valence-corrected chi connectivity index (χ2v) is 4.72. The van der Waals surface area contributed by atoms with E-state index in [2.05, 4.69) is 41.5 Å². The van der Waals surface area contributed by atoms with Gasteiger partial charge in [-0.1, -0.05) is 19.4 Å². The third-order valence-electron chi connectivity index (χ3n) is 3.22. The van der Waals surface area contributed by atoms with Gasteiger partial charge < -0.3 is 15.0 Å². The van der Waals surface area contributed by atoms with Crippen molar-refractivity contribution >= 4 is 10.9 Å². The van der Waals surface area contributed by atoms with Crippen LogP contribution < -0.4 is 5.32 Å². The Kier molecular flexibility index (Phi) is 4.79. The van der Waals surface area contributed by atoms with Gasteiger partial charge in [0.15, 0.2) is 0 Å². The molecule has 0 aliphatic carbocycles. The second kappa shape index (κ2) is 6.57. The summed E-state index contributed by atoms with van der Waals surface area (Å²) in [6.07, 6.45) is 4.31. The molecule has 1 unspecified atom stereocenters. The lowest BCUT2D eigenvalue weighted by Gasteiger charge is -2.17. The summed E-state index contributed by atoms with van der Waals surface area (Å²) >= 11 is 0. The molecule has 0 spiro atoms. The van der Waals surface area contributed by atoms with Crippen LogP contribution in [0.15, 0.2) is 30.5 Å². The van der Waals surface area contributed by atoms with Crippen molar-refractivity contribution in [2.75, 3.05) is 13.7 Å². The molecule has 2 rings (SSSR count). The van der Waals surface area contributed by atoms with E-state index >= 15 is 0 Å². The van der Waals surface area contributed by atoms with E-state index in [4.69, 9.17) is 4.74 Å². The van der Waals surface area contributed by atoms with Crippen molar-refractivity contribution < 1.29 is 4.74 Å². The van der Waals surface area contributed by atoms with Crippen LogP contribution in [-0.2, 0) is 11.3 Å². The summed E-state index contributed by atoms with van der Waals surface area (Å²) in [7, 11) is 1.76. The maximum absolute atomic E-state index is 5.24. The van der Waals surface area contributed by atoms with Gasteiger partial charge in [-0.25, -0.2) is 0 Å². The van der Waals surface area contributed by atoms with Crippen LogP contribution in [0, 0.1) is 0 Å². The Morgan fingerprint density at radius 2 is 2.22 bits per heavy atom. The molecule has 0 fully saturated rings. The number of H-pyrrole nitrogens is 1. The van der Waals surface area contributed by atoms with Gasteiger partial charge >= 0.3 is 0 Å². The first kappa shape index (κ1) is 13.1. The molecule has 0 saturated carbocycles. The summed E-state index contributed by atoms with van der Waals surface area (Å²) in [5, 5.41) is 4.83. The third-order valence-corrected chi connectivity index (χ3v) is 3.22. The Bertz CT molecular complexity index is 472. The zero-order valence-electron chi connectivity index (χ0n) is 11.2. The van der Waals surface area contributed by atoms with E-state index in [1.165, 1.54) is 22.9 Å². The van der Waals surface area contributed by atoms with Crippen LogP contribution in [0.25, 0.3) is 10.9 Å². The topological polar surface area (TPSA) is 37.0 Å². The Morgan fingerprint density at radius 3 is 3.00 bits per heavy atom. The molecule has 1 heterocycles. The van der Waals surface area contributed by atoms with Crippen LogP contribution in [0.4, 0.5) is 0 Å². The molecule has 0 bridgehead atoms. The number of aromatic nitrogens is 1. The standard InChI is InChI=1S/C15H22N2O/c1-3-4-14(11-18-2)17-10-12-5-6-15-13(9-12)7-8-16-15/h5-9,14,16-17H,3-4,10-11H2,1-2H3. The molecule has 0 amide bonds. The van der Waals surface area contributed by atoms with Gasteiger partial charge in [-0.3, -0.25) is 0 Å². The minimum absolute atomic E-state index is 0.446. The first-order chi connectivity index (χ1) is 8.83. The van der Waals surface area contributed by atoms with Crippen molar-refractivity contribution in [1.29, 1.82) is 0 Å². The van der Waals surface area contributed by atoms with E-state index in [0.717, 1.165) is 19.6 Å². The van der Waals surface area contributed by atoms with Crippen LogP contribution in [0.5, 0.6) is 0 Å². The van der Waals surface area contributed by atoms with Crippen molar-refractivity contribution in [2.24, 2.45) is 0 Å². The largest absolute Gasteiger partial charge is 0.383 e. The fourth-order valence-corrected chi connectivity index (χ4v) is 2.27. The number of fused-ring (bicyclic) bond motifs is 1. The maximum atomic E-state index is 5.24. The number of ether oxygens (including phenoxy) is 1. The molecule has 3 nitrogen and oxygen atoms in total. The highest BCUT2D eigenvalue weighted by molar-refractivity contribution is 5.79. The molecule has 0 aliphatic heterocycles. The van der Waals surface area contributed by atoms with E-state index < -0.39 is 0 Å². The average molecular weight is 246 g/mol. The van der Waals surface area contributed by atoms with Gasteiger partial charge in [0, 0.05) is 31.4 Å². The number of methoxy groups -OCH3 is 1. The molecular formula is C15H22N2O. The van der Waals surface area contributed by atoms with Crippen LogP contribution >= 0.6 is 0 Å². The molecule has 1 aromatic heterocycles. The van der Waals surface area contributed by atoms with E-state index in [9.17, 15) is 0 Å². The van der Waals surface area contributed by atoms with E-state index in [1.54, 1.807) is 7.11 Å². The zero-order chi connectivity index (χ0) is 12.8. The van der Waals surface area contributed by atoms with E-state index in [0.29, 0.717) is 6.04 Å². The van der Waals surface area contributed by atoms with Crippen molar-refractivity contribution in [3.8, 4) is 0 Å². The Labute approximate surface area is 109 Å². The van der Waals surface area contributed by atoms with Crippen molar-refractivity contribution in [1.82, 2.24) is 10.3 Å². The van der Waals surface area contributed by atoms with Gasteiger partial charge in [0.1, 0.15) is 0 Å². The molecule has 1 aromatic carbocycles. The van der Waals surface area contributed by atoms with Gasteiger partial charge in [0.05, 0.1) is 6.61 Å². The summed E-state index contributed by atoms with van der Waals surface area (Å²) in [4.78, 5) is 3.21. The van der Waals surface area contributed by atoms with Gasteiger partial charge in [-0.05, 0) is 35.6 Å². The SMILES string of the molecule is CCCC(COC)NCc1ccc2[nH]ccc2c1. The average Bonchev–Trinajstić information content (AvgIpc) is 2.84. The van der Waals surface area contributed by atoms with E-state index in [1.807, 2.05) is 6.20 Å². The number of rotatable bonds is 7. The minimum atomic E-state index is 0.446. The number of hydrogen-bond donors (Lipinski definition) is 2. The number of nitrogens with one attached hydrogen (secondary N) is 2. The Morgan fingerprint density at radius 1 is 1.33 bits per heavy atom. The number of benzene rings is 1. The smallest absolute Gasteiger partial charge is 0.0615 e. The lowest BCUT2D eigenvalue weighted by Crippen LogP contribution is -2.32. The van der Waals surface area contributed by atoms with Crippen LogP contribution in [-0.4, -0.2) is 24.7 Å². The molecule has 2 aromatic rings. The Hall–Kier alpha value is -1.32. The van der Waals surface area contributed by atoms with Gasteiger partial charge in [-0.2, -0.15) is 0 Å². The van der Waals surface area contributed by atoms with Gasteiger partial charge in [0.2, 0.25) is 0 Å². The highest BCUT2D eigenvalue weighted by Gasteiger charge is 2.06.